The molecule has 3 fully saturated rings. The van der Waals surface area contributed by atoms with E-state index >= 15 is 0 Å². The molecule has 4 rings (SSSR count). The van der Waals surface area contributed by atoms with Crippen molar-refractivity contribution in [2.24, 2.45) is 58.2 Å². The summed E-state index contributed by atoms with van der Waals surface area (Å²) >= 11 is 0. The first-order chi connectivity index (χ1) is 13.2. The third kappa shape index (κ3) is 3.76. The summed E-state index contributed by atoms with van der Waals surface area (Å²) < 4.78 is 12.5. The normalized spacial score (nSPS) is 43.7. The highest BCUT2D eigenvalue weighted by molar-refractivity contribution is 5.33. The van der Waals surface area contributed by atoms with Crippen LogP contribution < -0.4 is 0 Å². The van der Waals surface area contributed by atoms with Gasteiger partial charge in [0, 0.05) is 18.6 Å². The zero-order valence-electron chi connectivity index (χ0n) is 18.8. The van der Waals surface area contributed by atoms with Crippen molar-refractivity contribution in [2.75, 3.05) is 26.4 Å². The Bertz CT molecular complexity index is 606. The van der Waals surface area contributed by atoms with Crippen LogP contribution >= 0.6 is 0 Å². The molecular weight excluding hydrogens is 344 g/mol. The summed E-state index contributed by atoms with van der Waals surface area (Å²) in [7, 11) is 0. The Morgan fingerprint density at radius 2 is 1.75 bits per heavy atom. The highest BCUT2D eigenvalue weighted by atomic mass is 16.5. The van der Waals surface area contributed by atoms with Gasteiger partial charge in [-0.15, -0.1) is 6.58 Å². The number of allylic oxidation sites excluding steroid dienone is 3. The van der Waals surface area contributed by atoms with E-state index in [4.69, 9.17) is 9.47 Å². The van der Waals surface area contributed by atoms with Crippen molar-refractivity contribution in [3.63, 3.8) is 0 Å². The Balaban J connectivity index is 1.16. The second kappa shape index (κ2) is 7.58. The van der Waals surface area contributed by atoms with Gasteiger partial charge in [0.15, 0.2) is 0 Å². The second-order valence-electron chi connectivity index (χ2n) is 11.8. The van der Waals surface area contributed by atoms with E-state index in [0.717, 1.165) is 61.9 Å². The summed E-state index contributed by atoms with van der Waals surface area (Å²) in [6.07, 6.45) is 11.1. The topological polar surface area (TPSA) is 18.5 Å². The lowest BCUT2D eigenvalue weighted by molar-refractivity contribution is -0.0247. The average Bonchev–Trinajstić information content (AvgIpc) is 2.97. The summed E-state index contributed by atoms with van der Waals surface area (Å²) in [5.74, 6) is 6.33. The molecule has 4 aliphatic rings. The van der Waals surface area contributed by atoms with E-state index in [1.54, 1.807) is 0 Å². The lowest BCUT2D eigenvalue weighted by Gasteiger charge is -2.27. The van der Waals surface area contributed by atoms with Crippen molar-refractivity contribution in [1.29, 1.82) is 0 Å². The monoisotopic (exact) mass is 386 g/mol. The molecule has 0 aromatic heterocycles. The molecular formula is C26H42O2. The summed E-state index contributed by atoms with van der Waals surface area (Å²) in [4.78, 5) is 0. The number of rotatable bonds is 10. The molecule has 0 N–H and O–H groups in total. The molecule has 0 heterocycles. The maximum absolute atomic E-state index is 6.24. The Hall–Kier alpha value is -0.600. The van der Waals surface area contributed by atoms with Crippen molar-refractivity contribution in [1.82, 2.24) is 0 Å². The van der Waals surface area contributed by atoms with Crippen LogP contribution in [-0.2, 0) is 9.47 Å². The number of fused-ring (bicyclic) bond motifs is 1. The molecule has 0 aliphatic heterocycles. The van der Waals surface area contributed by atoms with Gasteiger partial charge in [0.2, 0.25) is 0 Å². The van der Waals surface area contributed by atoms with Crippen molar-refractivity contribution in [3.05, 3.63) is 24.8 Å². The second-order valence-corrected chi connectivity index (χ2v) is 11.8. The fourth-order valence-electron chi connectivity index (χ4n) is 6.94. The lowest BCUT2D eigenvalue weighted by Crippen LogP contribution is -2.29. The Labute approximate surface area is 173 Å². The van der Waals surface area contributed by atoms with Crippen LogP contribution in [0.3, 0.4) is 0 Å². The molecule has 158 valence electrons. The van der Waals surface area contributed by atoms with Gasteiger partial charge in [-0.1, -0.05) is 52.8 Å². The third-order valence-electron chi connectivity index (χ3n) is 8.64. The highest BCUT2D eigenvalue weighted by Gasteiger charge is 2.71. The molecule has 8 unspecified atom stereocenters. The lowest BCUT2D eigenvalue weighted by atomic mass is 9.92. The first-order valence-corrected chi connectivity index (χ1v) is 11.7. The zero-order chi connectivity index (χ0) is 20.1. The zero-order valence-corrected chi connectivity index (χ0v) is 18.8. The van der Waals surface area contributed by atoms with E-state index < -0.39 is 0 Å². The summed E-state index contributed by atoms with van der Waals surface area (Å²) in [5.41, 5.74) is 0.606. The molecule has 0 aromatic rings. The number of hydrogen-bond acceptors (Lipinski definition) is 2. The van der Waals surface area contributed by atoms with Crippen molar-refractivity contribution >= 4 is 0 Å². The molecule has 0 amide bonds. The van der Waals surface area contributed by atoms with E-state index in [1.165, 1.54) is 19.3 Å². The molecule has 0 saturated heterocycles. The Morgan fingerprint density at radius 1 is 1.07 bits per heavy atom. The van der Waals surface area contributed by atoms with Crippen LogP contribution in [0.25, 0.3) is 0 Å². The van der Waals surface area contributed by atoms with Gasteiger partial charge in [-0.25, -0.2) is 0 Å². The Kier molecular flexibility index (Phi) is 5.59. The van der Waals surface area contributed by atoms with Crippen molar-refractivity contribution in [2.45, 2.75) is 53.9 Å². The van der Waals surface area contributed by atoms with E-state index in [1.807, 2.05) is 0 Å². The van der Waals surface area contributed by atoms with E-state index in [0.29, 0.717) is 17.3 Å². The summed E-state index contributed by atoms with van der Waals surface area (Å²) in [6, 6.07) is 0. The predicted octanol–water partition coefficient (Wildman–Crippen LogP) is 5.99. The van der Waals surface area contributed by atoms with Crippen LogP contribution in [0, 0.1) is 58.2 Å². The molecule has 2 heteroatoms. The van der Waals surface area contributed by atoms with Crippen LogP contribution in [0.1, 0.15) is 53.9 Å². The van der Waals surface area contributed by atoms with Crippen LogP contribution in [0.4, 0.5) is 0 Å². The summed E-state index contributed by atoms with van der Waals surface area (Å²) in [6.45, 7) is 19.2. The molecule has 3 saturated carbocycles. The van der Waals surface area contributed by atoms with Crippen LogP contribution in [-0.4, -0.2) is 26.4 Å². The molecule has 28 heavy (non-hydrogen) atoms. The minimum atomic E-state index is 0.0857. The van der Waals surface area contributed by atoms with E-state index in [2.05, 4.69) is 59.4 Å². The van der Waals surface area contributed by atoms with Gasteiger partial charge < -0.3 is 9.47 Å². The van der Waals surface area contributed by atoms with E-state index in [9.17, 15) is 0 Å². The van der Waals surface area contributed by atoms with Crippen LogP contribution in [0.2, 0.25) is 0 Å². The first-order valence-electron chi connectivity index (χ1n) is 11.7. The molecule has 0 spiro atoms. The van der Waals surface area contributed by atoms with Gasteiger partial charge in [0.05, 0.1) is 13.2 Å². The van der Waals surface area contributed by atoms with Gasteiger partial charge >= 0.3 is 0 Å². The molecule has 8 atom stereocenters. The van der Waals surface area contributed by atoms with Gasteiger partial charge in [-0.2, -0.15) is 0 Å². The fourth-order valence-corrected chi connectivity index (χ4v) is 6.94. The van der Waals surface area contributed by atoms with Crippen LogP contribution in [0.5, 0.6) is 0 Å². The largest absolute Gasteiger partial charge is 0.381 e. The maximum Gasteiger partial charge on any atom is 0.0539 e. The standard InChI is InChI=1S/C26H42O2/c1-7-18-10-20(17(2)3)12-21(18)13-27-15-25(4,5)16-28-14-22-11-19-8-9-26(6)23(19)24(22)26/h7-9,17-24H,1,10-16H2,2-6H3. The minimum absolute atomic E-state index is 0.0857. The molecule has 0 bridgehead atoms. The average molecular weight is 387 g/mol. The highest BCUT2D eigenvalue weighted by Crippen LogP contribution is 2.75. The Morgan fingerprint density at radius 3 is 2.32 bits per heavy atom. The van der Waals surface area contributed by atoms with Gasteiger partial charge in [-0.3, -0.25) is 0 Å². The van der Waals surface area contributed by atoms with Gasteiger partial charge in [0.1, 0.15) is 0 Å². The predicted molar refractivity (Wildman–Crippen MR) is 116 cm³/mol. The SMILES string of the molecule is C=CC1CC(C(C)C)CC1COCC(C)(C)COCC1CC2C=CC3(C)C2C13. The molecule has 0 radical (unpaired) electrons. The summed E-state index contributed by atoms with van der Waals surface area (Å²) in [5, 5.41) is 0. The smallest absolute Gasteiger partial charge is 0.0539 e. The van der Waals surface area contributed by atoms with Gasteiger partial charge in [-0.05, 0) is 72.0 Å². The van der Waals surface area contributed by atoms with E-state index in [-0.39, 0.29) is 5.41 Å². The van der Waals surface area contributed by atoms with Crippen molar-refractivity contribution < 1.29 is 9.47 Å². The first kappa shape index (κ1) is 20.7. The number of ether oxygens (including phenoxy) is 2. The van der Waals surface area contributed by atoms with Crippen LogP contribution in [0.15, 0.2) is 24.8 Å². The maximum atomic E-state index is 6.24. The molecule has 4 aliphatic carbocycles. The fraction of sp³-hybridized carbons (Fsp3) is 0.846. The minimum Gasteiger partial charge on any atom is -0.381 e. The quantitative estimate of drug-likeness (QED) is 0.429. The number of hydrogen-bond donors (Lipinski definition) is 0. The third-order valence-corrected chi connectivity index (χ3v) is 8.64. The van der Waals surface area contributed by atoms with Gasteiger partial charge in [0.25, 0.3) is 0 Å². The van der Waals surface area contributed by atoms with Crippen molar-refractivity contribution in [3.8, 4) is 0 Å². The molecule has 2 nitrogen and oxygen atoms in total. The molecule has 0 aromatic carbocycles.